The van der Waals surface area contributed by atoms with Crippen LogP contribution in [0.2, 0.25) is 0 Å². The molecule has 0 amide bonds. The molecule has 0 heterocycles. The summed E-state index contributed by atoms with van der Waals surface area (Å²) in [5.74, 6) is 0. The quantitative estimate of drug-likeness (QED) is 0.451. The van der Waals surface area contributed by atoms with Crippen LogP contribution in [0.15, 0.2) is 0 Å². The molecule has 1 N–H and O–H groups in total. The second kappa shape index (κ2) is 10.3. The number of unbranched alkanes of at least 4 members (excludes halogenated alkanes) is 4. The molecule has 0 aliphatic carbocycles. The van der Waals surface area contributed by atoms with E-state index < -0.39 is 7.60 Å². The predicted molar refractivity (Wildman–Crippen MR) is 65.6 cm³/mol. The van der Waals surface area contributed by atoms with Gasteiger partial charge >= 0.3 is 7.60 Å². The molecule has 5 heteroatoms. The van der Waals surface area contributed by atoms with Gasteiger partial charge in [-0.15, -0.1) is 0 Å². The van der Waals surface area contributed by atoms with Crippen LogP contribution >= 0.6 is 7.60 Å². The molecule has 0 rings (SSSR count). The van der Waals surface area contributed by atoms with Crippen molar-refractivity contribution in [3.63, 3.8) is 0 Å². The number of rotatable bonds is 11. The first-order valence-electron chi connectivity index (χ1n) is 6.16. The van der Waals surface area contributed by atoms with Crippen molar-refractivity contribution in [3.05, 3.63) is 0 Å². The van der Waals surface area contributed by atoms with Crippen molar-refractivity contribution in [2.45, 2.75) is 52.4 Å². The lowest BCUT2D eigenvalue weighted by molar-refractivity contribution is 0.141. The molecule has 0 saturated carbocycles. The lowest BCUT2D eigenvalue weighted by Gasteiger charge is -2.12. The number of hydrogen-bond acceptors (Lipinski definition) is 3. The number of hydrogen-bond donors (Lipinski definition) is 1. The van der Waals surface area contributed by atoms with E-state index in [-0.39, 0.29) is 6.35 Å². The predicted octanol–water partition coefficient (Wildman–Crippen LogP) is 3.54. The Hall–Kier alpha value is 0.110. The van der Waals surface area contributed by atoms with Crippen molar-refractivity contribution in [3.8, 4) is 0 Å². The molecule has 4 nitrogen and oxygen atoms in total. The van der Waals surface area contributed by atoms with Gasteiger partial charge in [-0.25, -0.2) is 0 Å². The van der Waals surface area contributed by atoms with Gasteiger partial charge in [0.15, 0.2) is 0 Å². The largest absolute Gasteiger partial charge is 0.369 e. The molecule has 0 aromatic carbocycles. The van der Waals surface area contributed by atoms with Crippen LogP contribution in [0.1, 0.15) is 52.4 Å². The normalized spacial score (nSPS) is 14.9. The minimum atomic E-state index is -3.50. The zero-order valence-corrected chi connectivity index (χ0v) is 11.4. The molecule has 1 unspecified atom stereocenters. The van der Waals surface area contributed by atoms with Crippen LogP contribution in [0.5, 0.6) is 0 Å². The first-order chi connectivity index (χ1) is 7.62. The maximum Gasteiger partial charge on any atom is 0.353 e. The summed E-state index contributed by atoms with van der Waals surface area (Å²) in [6.45, 7) is 5.05. The Bertz CT molecular complexity index is 196. The van der Waals surface area contributed by atoms with E-state index in [4.69, 9.17) is 9.26 Å². The van der Waals surface area contributed by atoms with Crippen LogP contribution in [0.3, 0.4) is 0 Å². The lowest BCUT2D eigenvalue weighted by atomic mass is 10.2. The Morgan fingerprint density at radius 1 is 1.00 bits per heavy atom. The maximum absolute atomic E-state index is 11.4. The van der Waals surface area contributed by atoms with Gasteiger partial charge in [0.1, 0.15) is 6.35 Å². The highest BCUT2D eigenvalue weighted by molar-refractivity contribution is 7.52. The SMILES string of the molecule is CCCCCCOP(=O)(O)COCCCC. The Kier molecular flexibility index (Phi) is 10.3. The highest BCUT2D eigenvalue weighted by Crippen LogP contribution is 2.41. The zero-order chi connectivity index (χ0) is 12.3. The van der Waals surface area contributed by atoms with Crippen LogP contribution in [-0.4, -0.2) is 24.5 Å². The summed E-state index contributed by atoms with van der Waals surface area (Å²) in [7, 11) is -3.50. The molecule has 98 valence electrons. The molecule has 1 atom stereocenters. The van der Waals surface area contributed by atoms with Gasteiger partial charge in [-0.3, -0.25) is 4.57 Å². The highest BCUT2D eigenvalue weighted by atomic mass is 31.2. The fraction of sp³-hybridized carbons (Fsp3) is 1.00. The third-order valence-corrected chi connectivity index (χ3v) is 3.28. The molecular formula is C11H25O4P. The van der Waals surface area contributed by atoms with Crippen LogP contribution in [0, 0.1) is 0 Å². The second-order valence-corrected chi connectivity index (χ2v) is 5.71. The Morgan fingerprint density at radius 2 is 1.69 bits per heavy atom. The summed E-state index contributed by atoms with van der Waals surface area (Å²) in [6, 6.07) is 0. The molecule has 0 saturated heterocycles. The van der Waals surface area contributed by atoms with Crippen molar-refractivity contribution in [1.29, 1.82) is 0 Å². The van der Waals surface area contributed by atoms with E-state index in [0.717, 1.165) is 38.5 Å². The average Bonchev–Trinajstić information content (AvgIpc) is 2.24. The molecule has 16 heavy (non-hydrogen) atoms. The lowest BCUT2D eigenvalue weighted by Crippen LogP contribution is -2.02. The van der Waals surface area contributed by atoms with Gasteiger partial charge in [0, 0.05) is 6.61 Å². The van der Waals surface area contributed by atoms with E-state index in [1.165, 1.54) is 0 Å². The monoisotopic (exact) mass is 252 g/mol. The maximum atomic E-state index is 11.4. The Balaban J connectivity index is 3.43. The third kappa shape index (κ3) is 10.6. The van der Waals surface area contributed by atoms with Gasteiger partial charge in [-0.05, 0) is 12.8 Å². The third-order valence-electron chi connectivity index (χ3n) is 2.19. The van der Waals surface area contributed by atoms with Crippen LogP contribution in [0.4, 0.5) is 0 Å². The molecule has 0 aliphatic rings. The minimum Gasteiger partial charge on any atom is -0.369 e. The summed E-state index contributed by atoms with van der Waals surface area (Å²) >= 11 is 0. The fourth-order valence-corrected chi connectivity index (χ4v) is 2.05. The number of ether oxygens (including phenoxy) is 1. The van der Waals surface area contributed by atoms with E-state index >= 15 is 0 Å². The molecule has 0 bridgehead atoms. The van der Waals surface area contributed by atoms with Crippen molar-refractivity contribution >= 4 is 7.60 Å². The smallest absolute Gasteiger partial charge is 0.353 e. The second-order valence-electron chi connectivity index (χ2n) is 3.92. The first-order valence-corrected chi connectivity index (χ1v) is 7.92. The highest BCUT2D eigenvalue weighted by Gasteiger charge is 2.18. The fourth-order valence-electron chi connectivity index (χ4n) is 1.20. The summed E-state index contributed by atoms with van der Waals surface area (Å²) in [5.41, 5.74) is 0. The molecule has 0 fully saturated rings. The molecular weight excluding hydrogens is 227 g/mol. The van der Waals surface area contributed by atoms with E-state index in [0.29, 0.717) is 13.2 Å². The van der Waals surface area contributed by atoms with E-state index in [9.17, 15) is 9.46 Å². The van der Waals surface area contributed by atoms with Crippen LogP contribution < -0.4 is 0 Å². The van der Waals surface area contributed by atoms with Gasteiger partial charge in [0.05, 0.1) is 6.61 Å². The van der Waals surface area contributed by atoms with Gasteiger partial charge in [0.2, 0.25) is 0 Å². The molecule has 0 aromatic rings. The first kappa shape index (κ1) is 16.1. The summed E-state index contributed by atoms with van der Waals surface area (Å²) in [6.07, 6.45) is 5.94. The summed E-state index contributed by atoms with van der Waals surface area (Å²) in [4.78, 5) is 9.38. The molecule has 0 aromatic heterocycles. The van der Waals surface area contributed by atoms with Gasteiger partial charge in [-0.2, -0.15) is 0 Å². The van der Waals surface area contributed by atoms with Gasteiger partial charge in [-0.1, -0.05) is 39.5 Å². The Labute approximate surface area is 98.9 Å². The molecule has 0 radical (unpaired) electrons. The molecule has 0 aliphatic heterocycles. The van der Waals surface area contributed by atoms with E-state index in [2.05, 4.69) is 6.92 Å². The van der Waals surface area contributed by atoms with Gasteiger partial charge < -0.3 is 14.2 Å². The van der Waals surface area contributed by atoms with Crippen molar-refractivity contribution in [1.82, 2.24) is 0 Å². The summed E-state index contributed by atoms with van der Waals surface area (Å²) < 4.78 is 21.4. The minimum absolute atomic E-state index is 0.180. The van der Waals surface area contributed by atoms with Crippen molar-refractivity contribution in [2.75, 3.05) is 19.6 Å². The van der Waals surface area contributed by atoms with Crippen LogP contribution in [-0.2, 0) is 13.8 Å². The topological polar surface area (TPSA) is 55.8 Å². The van der Waals surface area contributed by atoms with Gasteiger partial charge in [0.25, 0.3) is 0 Å². The van der Waals surface area contributed by atoms with E-state index in [1.807, 2.05) is 6.92 Å². The van der Waals surface area contributed by atoms with E-state index in [1.54, 1.807) is 0 Å². The standard InChI is InChI=1S/C11H25O4P/c1-3-5-7-8-10-15-16(12,13)11-14-9-6-4-2/h3-11H2,1-2H3,(H,12,13). The molecule has 0 spiro atoms. The van der Waals surface area contributed by atoms with Crippen molar-refractivity contribution < 1.29 is 18.7 Å². The Morgan fingerprint density at radius 3 is 2.31 bits per heavy atom. The van der Waals surface area contributed by atoms with Crippen LogP contribution in [0.25, 0.3) is 0 Å². The average molecular weight is 252 g/mol. The van der Waals surface area contributed by atoms with Crippen molar-refractivity contribution in [2.24, 2.45) is 0 Å². The summed E-state index contributed by atoms with van der Waals surface area (Å²) in [5, 5.41) is 0. The zero-order valence-electron chi connectivity index (χ0n) is 10.5.